The summed E-state index contributed by atoms with van der Waals surface area (Å²) in [7, 11) is 0. The largest absolute Gasteiger partial charge is 0.493 e. The molecule has 6 nitrogen and oxygen atoms in total. The van der Waals surface area contributed by atoms with Crippen LogP contribution in [0, 0.1) is 11.6 Å². The minimum absolute atomic E-state index is 0.0636. The quantitative estimate of drug-likeness (QED) is 0.593. The number of rotatable bonds is 3. The molecule has 1 aromatic carbocycles. The van der Waals surface area contributed by atoms with Crippen LogP contribution in [0.15, 0.2) is 41.4 Å². The highest BCUT2D eigenvalue weighted by Gasteiger charge is 2.12. The van der Waals surface area contributed by atoms with E-state index < -0.39 is 17.5 Å². The number of aromatic nitrogens is 1. The van der Waals surface area contributed by atoms with E-state index in [9.17, 15) is 18.7 Å². The van der Waals surface area contributed by atoms with Crippen molar-refractivity contribution in [3.8, 4) is 5.88 Å². The van der Waals surface area contributed by atoms with Gasteiger partial charge in [0.05, 0.1) is 0 Å². The Balaban J connectivity index is 2.26. The molecule has 0 bridgehead atoms. The fourth-order valence-electron chi connectivity index (χ4n) is 1.78. The highest BCUT2D eigenvalue weighted by Crippen LogP contribution is 2.11. The molecule has 126 valence electrons. The first-order valence-corrected chi connectivity index (χ1v) is 7.13. The molecule has 2 rings (SSSR count). The van der Waals surface area contributed by atoms with E-state index in [4.69, 9.17) is 0 Å². The lowest BCUT2D eigenvalue weighted by Gasteiger charge is -2.14. The summed E-state index contributed by atoms with van der Waals surface area (Å²) >= 11 is 0. The second kappa shape index (κ2) is 7.49. The normalized spacial score (nSPS) is 11.5. The van der Waals surface area contributed by atoms with Gasteiger partial charge in [0.1, 0.15) is 5.82 Å². The van der Waals surface area contributed by atoms with E-state index in [1.807, 2.05) is 13.8 Å². The number of amides is 1. The van der Waals surface area contributed by atoms with Crippen molar-refractivity contribution in [1.82, 2.24) is 10.3 Å². The lowest BCUT2D eigenvalue weighted by atomic mass is 10.2. The van der Waals surface area contributed by atoms with E-state index in [-0.39, 0.29) is 29.3 Å². The summed E-state index contributed by atoms with van der Waals surface area (Å²) in [5.74, 6) is -2.80. The molecular formula is C16H16F2N4O2. The van der Waals surface area contributed by atoms with Gasteiger partial charge in [0.25, 0.3) is 5.91 Å². The molecule has 0 fully saturated rings. The Morgan fingerprint density at radius 2 is 1.96 bits per heavy atom. The SMILES string of the molecule is CC(C)N/C(=N/C(=O)c1ccc(F)c(F)c1)Nc1cccc(O)n1. The average molecular weight is 334 g/mol. The number of hydrogen-bond acceptors (Lipinski definition) is 3. The molecule has 1 amide bonds. The van der Waals surface area contributed by atoms with Gasteiger partial charge in [-0.3, -0.25) is 4.79 Å². The molecule has 0 radical (unpaired) electrons. The van der Waals surface area contributed by atoms with Crippen molar-refractivity contribution < 1.29 is 18.7 Å². The van der Waals surface area contributed by atoms with Crippen LogP contribution in [0.1, 0.15) is 24.2 Å². The van der Waals surface area contributed by atoms with E-state index in [0.29, 0.717) is 0 Å². The highest BCUT2D eigenvalue weighted by molar-refractivity contribution is 6.06. The molecule has 0 saturated heterocycles. The summed E-state index contributed by atoms with van der Waals surface area (Å²) in [6.07, 6.45) is 0. The second-order valence-electron chi connectivity index (χ2n) is 5.20. The fourth-order valence-corrected chi connectivity index (χ4v) is 1.78. The maximum Gasteiger partial charge on any atom is 0.280 e. The molecule has 3 N–H and O–H groups in total. The number of halogens is 2. The Morgan fingerprint density at radius 3 is 2.58 bits per heavy atom. The van der Waals surface area contributed by atoms with Crippen LogP contribution in [0.5, 0.6) is 5.88 Å². The van der Waals surface area contributed by atoms with Gasteiger partial charge in [0.15, 0.2) is 11.6 Å². The topological polar surface area (TPSA) is 86.6 Å². The summed E-state index contributed by atoms with van der Waals surface area (Å²) < 4.78 is 26.2. The molecule has 0 aliphatic carbocycles. The van der Waals surface area contributed by atoms with Crippen molar-refractivity contribution in [1.29, 1.82) is 0 Å². The van der Waals surface area contributed by atoms with Crippen LogP contribution in [0.25, 0.3) is 0 Å². The molecule has 24 heavy (non-hydrogen) atoms. The lowest BCUT2D eigenvalue weighted by molar-refractivity contribution is 0.100. The van der Waals surface area contributed by atoms with Gasteiger partial charge in [-0.05, 0) is 38.1 Å². The molecule has 0 aliphatic rings. The van der Waals surface area contributed by atoms with Gasteiger partial charge in [0.2, 0.25) is 11.8 Å². The van der Waals surface area contributed by atoms with Gasteiger partial charge in [-0.15, -0.1) is 0 Å². The number of guanidine groups is 1. The van der Waals surface area contributed by atoms with Crippen molar-refractivity contribution in [2.24, 2.45) is 4.99 Å². The number of hydrogen-bond donors (Lipinski definition) is 3. The van der Waals surface area contributed by atoms with E-state index in [1.54, 1.807) is 12.1 Å². The number of carbonyl (C=O) groups is 1. The molecular weight excluding hydrogens is 318 g/mol. The molecule has 0 saturated carbocycles. The van der Waals surface area contributed by atoms with Crippen LogP contribution >= 0.6 is 0 Å². The molecule has 0 atom stereocenters. The lowest BCUT2D eigenvalue weighted by Crippen LogP contribution is -2.36. The summed E-state index contributed by atoms with van der Waals surface area (Å²) in [6.45, 7) is 3.66. The Bertz CT molecular complexity index is 778. The van der Waals surface area contributed by atoms with E-state index in [2.05, 4.69) is 20.6 Å². The molecule has 0 aliphatic heterocycles. The third kappa shape index (κ3) is 4.73. The van der Waals surface area contributed by atoms with Gasteiger partial charge in [0, 0.05) is 17.7 Å². The molecule has 8 heteroatoms. The zero-order valence-electron chi connectivity index (χ0n) is 13.0. The molecule has 2 aromatic rings. The van der Waals surface area contributed by atoms with E-state index in [0.717, 1.165) is 18.2 Å². The van der Waals surface area contributed by atoms with E-state index in [1.165, 1.54) is 6.07 Å². The van der Waals surface area contributed by atoms with E-state index >= 15 is 0 Å². The first kappa shape index (κ1) is 17.3. The number of nitrogens with zero attached hydrogens (tertiary/aromatic N) is 2. The third-order valence-corrected chi connectivity index (χ3v) is 2.79. The van der Waals surface area contributed by atoms with Gasteiger partial charge in [-0.1, -0.05) is 6.07 Å². The number of pyridine rings is 1. The predicted octanol–water partition coefficient (Wildman–Crippen LogP) is 2.67. The van der Waals surface area contributed by atoms with Gasteiger partial charge in [-0.2, -0.15) is 9.98 Å². The smallest absolute Gasteiger partial charge is 0.280 e. The van der Waals surface area contributed by atoms with Gasteiger partial charge in [-0.25, -0.2) is 8.78 Å². The van der Waals surface area contributed by atoms with Crippen LogP contribution in [-0.4, -0.2) is 28.0 Å². The highest BCUT2D eigenvalue weighted by atomic mass is 19.2. The van der Waals surface area contributed by atoms with Crippen LogP contribution in [0.2, 0.25) is 0 Å². The number of nitrogens with one attached hydrogen (secondary N) is 2. The monoisotopic (exact) mass is 334 g/mol. The number of aromatic hydroxyl groups is 1. The first-order chi connectivity index (χ1) is 11.3. The predicted molar refractivity (Wildman–Crippen MR) is 85.9 cm³/mol. The zero-order valence-corrected chi connectivity index (χ0v) is 13.0. The Kier molecular flexibility index (Phi) is 5.41. The number of anilines is 1. The van der Waals surface area contributed by atoms with Gasteiger partial charge >= 0.3 is 0 Å². The number of carbonyl (C=O) groups excluding carboxylic acids is 1. The van der Waals surface area contributed by atoms with Crippen LogP contribution in [0.4, 0.5) is 14.6 Å². The van der Waals surface area contributed by atoms with Crippen molar-refractivity contribution in [2.45, 2.75) is 19.9 Å². The maximum absolute atomic E-state index is 13.2. The molecule has 0 unspecified atom stereocenters. The van der Waals surface area contributed by atoms with Crippen molar-refractivity contribution >= 4 is 17.7 Å². The molecule has 0 spiro atoms. The van der Waals surface area contributed by atoms with Gasteiger partial charge < -0.3 is 15.7 Å². The summed E-state index contributed by atoms with van der Waals surface area (Å²) in [6, 6.07) is 7.24. The Labute approximate surface area is 137 Å². The van der Waals surface area contributed by atoms with Crippen LogP contribution in [-0.2, 0) is 0 Å². The first-order valence-electron chi connectivity index (χ1n) is 7.13. The number of benzene rings is 1. The van der Waals surface area contributed by atoms with Crippen LogP contribution < -0.4 is 10.6 Å². The average Bonchev–Trinajstić information content (AvgIpc) is 2.49. The third-order valence-electron chi connectivity index (χ3n) is 2.79. The summed E-state index contributed by atoms with van der Waals surface area (Å²) in [5, 5.41) is 15.0. The van der Waals surface area contributed by atoms with Crippen molar-refractivity contribution in [3.05, 3.63) is 53.6 Å². The molecule has 1 heterocycles. The number of aliphatic imine (C=N–C) groups is 1. The Hall–Kier alpha value is -3.03. The standard InChI is InChI=1S/C16H16F2N4O2/c1-9(2)19-16(21-13-4-3-5-14(23)20-13)22-15(24)10-6-7-11(17)12(18)8-10/h3-9H,1-2H3,(H3,19,20,21,22,23,24). The van der Waals surface area contributed by atoms with Crippen molar-refractivity contribution in [2.75, 3.05) is 5.32 Å². The zero-order chi connectivity index (χ0) is 17.7. The van der Waals surface area contributed by atoms with Crippen molar-refractivity contribution in [3.63, 3.8) is 0 Å². The Morgan fingerprint density at radius 1 is 1.21 bits per heavy atom. The second-order valence-corrected chi connectivity index (χ2v) is 5.20. The summed E-state index contributed by atoms with van der Waals surface area (Å²) in [4.78, 5) is 19.8. The summed E-state index contributed by atoms with van der Waals surface area (Å²) in [5.41, 5.74) is -0.0948. The molecule has 1 aromatic heterocycles. The minimum Gasteiger partial charge on any atom is -0.493 e. The maximum atomic E-state index is 13.2. The fraction of sp³-hybridized carbons (Fsp3) is 0.188. The minimum atomic E-state index is -1.13. The van der Waals surface area contributed by atoms with Crippen LogP contribution in [0.3, 0.4) is 0 Å².